The van der Waals surface area contributed by atoms with Crippen LogP contribution in [0.4, 0.5) is 0 Å². The van der Waals surface area contributed by atoms with E-state index in [2.05, 4.69) is 19.2 Å². The second-order valence-corrected chi connectivity index (χ2v) is 4.08. The minimum absolute atomic E-state index is 0. The van der Waals surface area contributed by atoms with Gasteiger partial charge in [0, 0.05) is 12.6 Å². The number of hydrogen-bond donors (Lipinski definition) is 2. The minimum atomic E-state index is -0.279. The highest BCUT2D eigenvalue weighted by Crippen LogP contribution is 2.19. The lowest BCUT2D eigenvalue weighted by Gasteiger charge is -2.18. The first-order chi connectivity index (χ1) is 7.21. The molecule has 1 aliphatic heterocycles. The number of nitrogens with one attached hydrogen (secondary N) is 1. The minimum Gasteiger partial charge on any atom is -0.364 e. The summed E-state index contributed by atoms with van der Waals surface area (Å²) >= 11 is 0. The zero-order chi connectivity index (χ0) is 11.3. The summed E-state index contributed by atoms with van der Waals surface area (Å²) in [6, 6.07) is 0.276. The van der Waals surface area contributed by atoms with E-state index in [1.807, 2.05) is 0 Å². The van der Waals surface area contributed by atoms with Gasteiger partial charge in [-0.1, -0.05) is 13.8 Å². The summed E-state index contributed by atoms with van der Waals surface area (Å²) < 4.78 is 5.53. The normalized spacial score (nSPS) is 24.2. The number of halogens is 1. The molecule has 0 unspecified atom stereocenters. The van der Waals surface area contributed by atoms with Gasteiger partial charge in [-0.2, -0.15) is 0 Å². The van der Waals surface area contributed by atoms with Crippen molar-refractivity contribution >= 4 is 18.3 Å². The average Bonchev–Trinajstić information content (AvgIpc) is 2.74. The number of carbonyl (C=O) groups excluding carboxylic acids is 1. The number of hydrogen-bond acceptors (Lipinski definition) is 3. The molecule has 0 aromatic carbocycles. The molecule has 1 amide bonds. The van der Waals surface area contributed by atoms with Crippen molar-refractivity contribution in [2.45, 2.75) is 57.8 Å². The third-order valence-electron chi connectivity index (χ3n) is 2.99. The molecule has 5 heteroatoms. The van der Waals surface area contributed by atoms with E-state index in [9.17, 15) is 4.79 Å². The van der Waals surface area contributed by atoms with Gasteiger partial charge < -0.3 is 15.8 Å². The van der Waals surface area contributed by atoms with Crippen molar-refractivity contribution in [2.75, 3.05) is 6.54 Å². The van der Waals surface area contributed by atoms with Crippen LogP contribution in [0.5, 0.6) is 0 Å². The van der Waals surface area contributed by atoms with Gasteiger partial charge in [0.1, 0.15) is 6.10 Å². The maximum atomic E-state index is 11.8. The molecule has 1 heterocycles. The number of rotatable bonds is 5. The van der Waals surface area contributed by atoms with Gasteiger partial charge in [-0.15, -0.1) is 12.4 Å². The van der Waals surface area contributed by atoms with Crippen LogP contribution in [0, 0.1) is 0 Å². The second kappa shape index (κ2) is 7.87. The van der Waals surface area contributed by atoms with E-state index in [0.717, 1.165) is 25.7 Å². The van der Waals surface area contributed by atoms with E-state index in [1.54, 1.807) is 0 Å². The first-order valence-corrected chi connectivity index (χ1v) is 5.87. The molecule has 1 saturated heterocycles. The fourth-order valence-electron chi connectivity index (χ4n) is 1.86. The molecular formula is C11H23ClN2O2. The van der Waals surface area contributed by atoms with Gasteiger partial charge in [-0.05, 0) is 25.7 Å². The van der Waals surface area contributed by atoms with Crippen LogP contribution < -0.4 is 11.1 Å². The molecule has 1 aliphatic rings. The Morgan fingerprint density at radius 2 is 2.06 bits per heavy atom. The Kier molecular flexibility index (Phi) is 7.72. The van der Waals surface area contributed by atoms with Gasteiger partial charge in [0.15, 0.2) is 0 Å². The molecule has 0 spiro atoms. The van der Waals surface area contributed by atoms with Crippen molar-refractivity contribution in [3.63, 3.8) is 0 Å². The molecule has 0 bridgehead atoms. The zero-order valence-corrected chi connectivity index (χ0v) is 10.9. The highest BCUT2D eigenvalue weighted by molar-refractivity contribution is 5.85. The summed E-state index contributed by atoms with van der Waals surface area (Å²) in [6.45, 7) is 4.66. The van der Waals surface area contributed by atoms with Crippen LogP contribution in [0.15, 0.2) is 0 Å². The van der Waals surface area contributed by atoms with Crippen molar-refractivity contribution in [1.29, 1.82) is 0 Å². The van der Waals surface area contributed by atoms with Gasteiger partial charge >= 0.3 is 0 Å². The van der Waals surface area contributed by atoms with Gasteiger partial charge in [0.05, 0.1) is 6.10 Å². The van der Waals surface area contributed by atoms with E-state index in [0.29, 0.717) is 6.54 Å². The topological polar surface area (TPSA) is 64.4 Å². The fourth-order valence-corrected chi connectivity index (χ4v) is 1.86. The Balaban J connectivity index is 0.00000225. The molecule has 0 aliphatic carbocycles. The molecule has 1 rings (SSSR count). The third-order valence-corrected chi connectivity index (χ3v) is 2.99. The summed E-state index contributed by atoms with van der Waals surface area (Å²) in [5, 5.41) is 3.00. The molecule has 1 fully saturated rings. The number of amides is 1. The molecule has 0 aromatic rings. The van der Waals surface area contributed by atoms with E-state index >= 15 is 0 Å². The van der Waals surface area contributed by atoms with Crippen molar-refractivity contribution in [1.82, 2.24) is 5.32 Å². The first-order valence-electron chi connectivity index (χ1n) is 5.87. The average molecular weight is 251 g/mol. The van der Waals surface area contributed by atoms with Crippen LogP contribution in [-0.4, -0.2) is 30.7 Å². The Bertz CT molecular complexity index is 210. The summed E-state index contributed by atoms with van der Waals surface area (Å²) in [4.78, 5) is 11.8. The molecule has 0 radical (unpaired) electrons. The summed E-state index contributed by atoms with van der Waals surface area (Å²) in [5.74, 6) is 0.0275. The summed E-state index contributed by atoms with van der Waals surface area (Å²) in [5.41, 5.74) is 5.49. The fraction of sp³-hybridized carbons (Fsp3) is 0.909. The monoisotopic (exact) mass is 250 g/mol. The largest absolute Gasteiger partial charge is 0.364 e. The van der Waals surface area contributed by atoms with E-state index in [1.165, 1.54) is 0 Å². The maximum absolute atomic E-state index is 11.8. The maximum Gasteiger partial charge on any atom is 0.249 e. The first kappa shape index (κ1) is 15.7. The number of ether oxygens (including phenoxy) is 1. The van der Waals surface area contributed by atoms with Gasteiger partial charge in [-0.25, -0.2) is 0 Å². The highest BCUT2D eigenvalue weighted by Gasteiger charge is 2.30. The molecular weight excluding hydrogens is 228 g/mol. The Morgan fingerprint density at radius 3 is 2.50 bits per heavy atom. The quantitative estimate of drug-likeness (QED) is 0.771. The lowest BCUT2D eigenvalue weighted by Crippen LogP contribution is -2.41. The smallest absolute Gasteiger partial charge is 0.249 e. The third kappa shape index (κ3) is 4.28. The molecule has 3 N–H and O–H groups in total. The van der Waals surface area contributed by atoms with Crippen LogP contribution in [0.25, 0.3) is 0 Å². The van der Waals surface area contributed by atoms with Crippen LogP contribution in [0.1, 0.15) is 39.5 Å². The summed E-state index contributed by atoms with van der Waals surface area (Å²) in [6.07, 6.45) is 3.43. The molecule has 96 valence electrons. The van der Waals surface area contributed by atoms with E-state index in [4.69, 9.17) is 10.5 Å². The second-order valence-electron chi connectivity index (χ2n) is 4.08. The van der Waals surface area contributed by atoms with Gasteiger partial charge in [0.2, 0.25) is 5.91 Å². The van der Waals surface area contributed by atoms with Crippen molar-refractivity contribution < 1.29 is 9.53 Å². The molecule has 0 saturated carbocycles. The Morgan fingerprint density at radius 1 is 1.44 bits per heavy atom. The number of carbonyl (C=O) groups is 1. The van der Waals surface area contributed by atoms with E-state index in [-0.39, 0.29) is 36.6 Å². The predicted molar refractivity (Wildman–Crippen MR) is 66.7 cm³/mol. The van der Waals surface area contributed by atoms with Gasteiger partial charge in [-0.3, -0.25) is 4.79 Å². The van der Waals surface area contributed by atoms with Crippen molar-refractivity contribution in [3.8, 4) is 0 Å². The van der Waals surface area contributed by atoms with E-state index < -0.39 is 0 Å². The van der Waals surface area contributed by atoms with Crippen LogP contribution in [-0.2, 0) is 9.53 Å². The highest BCUT2D eigenvalue weighted by atomic mass is 35.5. The molecule has 0 aromatic heterocycles. The number of nitrogens with two attached hydrogens (primary N) is 1. The predicted octanol–water partition coefficient (Wildman–Crippen LogP) is 1.22. The lowest BCUT2D eigenvalue weighted by atomic mass is 10.1. The SMILES string of the molecule is CCC(CC)NC(=O)[C@@H]1CC[C@H](CN)O1.Cl. The molecule has 16 heavy (non-hydrogen) atoms. The molecule has 4 nitrogen and oxygen atoms in total. The lowest BCUT2D eigenvalue weighted by molar-refractivity contribution is -0.132. The van der Waals surface area contributed by atoms with Crippen LogP contribution in [0.3, 0.4) is 0 Å². The van der Waals surface area contributed by atoms with Crippen LogP contribution in [0.2, 0.25) is 0 Å². The van der Waals surface area contributed by atoms with Crippen LogP contribution >= 0.6 is 12.4 Å². The van der Waals surface area contributed by atoms with Gasteiger partial charge in [0.25, 0.3) is 0 Å². The Hall–Kier alpha value is -0.320. The standard InChI is InChI=1S/C11H22N2O2.ClH/c1-3-8(4-2)13-11(14)10-6-5-9(7-12)15-10;/h8-10H,3-7,12H2,1-2H3,(H,13,14);1H/t9-,10+;/m1./s1. The summed E-state index contributed by atoms with van der Waals surface area (Å²) in [7, 11) is 0. The van der Waals surface area contributed by atoms with Crippen molar-refractivity contribution in [2.24, 2.45) is 5.73 Å². The Labute approximate surface area is 104 Å². The van der Waals surface area contributed by atoms with Crippen molar-refractivity contribution in [3.05, 3.63) is 0 Å². The zero-order valence-electron chi connectivity index (χ0n) is 10.1. The molecule has 2 atom stereocenters.